The first-order valence-electron chi connectivity index (χ1n) is 6.22. The predicted molar refractivity (Wildman–Crippen MR) is 78.6 cm³/mol. The zero-order valence-electron chi connectivity index (χ0n) is 11.8. The quantitative estimate of drug-likeness (QED) is 0.742. The first-order chi connectivity index (χ1) is 9.43. The molecule has 1 amide bonds. The van der Waals surface area contributed by atoms with Gasteiger partial charge >= 0.3 is 5.97 Å². The van der Waals surface area contributed by atoms with Crippen LogP contribution in [-0.2, 0) is 14.3 Å². The summed E-state index contributed by atoms with van der Waals surface area (Å²) in [5.74, 6) is -0.0605. The van der Waals surface area contributed by atoms with Gasteiger partial charge in [0.2, 0.25) is 0 Å². The maximum absolute atomic E-state index is 11.8. The molecule has 20 heavy (non-hydrogen) atoms. The number of hydrogen-bond donors (Lipinski definition) is 0. The lowest BCUT2D eigenvalue weighted by Crippen LogP contribution is -2.36. The van der Waals surface area contributed by atoms with E-state index in [0.29, 0.717) is 12.4 Å². The lowest BCUT2D eigenvalue weighted by atomic mass is 10.2. The van der Waals surface area contributed by atoms with Crippen molar-refractivity contribution in [3.05, 3.63) is 28.2 Å². The molecule has 0 unspecified atom stereocenters. The van der Waals surface area contributed by atoms with Gasteiger partial charge in [0, 0.05) is 11.5 Å². The Morgan fingerprint density at radius 3 is 2.65 bits per heavy atom. The highest BCUT2D eigenvalue weighted by Crippen LogP contribution is 2.22. The fourth-order valence-corrected chi connectivity index (χ4v) is 1.99. The highest BCUT2D eigenvalue weighted by atomic mass is 79.9. The molecule has 0 N–H and O–H groups in total. The van der Waals surface area contributed by atoms with E-state index in [1.807, 2.05) is 19.1 Å². The van der Waals surface area contributed by atoms with Crippen molar-refractivity contribution in [3.63, 3.8) is 0 Å². The molecule has 110 valence electrons. The maximum atomic E-state index is 11.8. The molecule has 0 bridgehead atoms. The lowest BCUT2D eigenvalue weighted by molar-refractivity contribution is -0.148. The van der Waals surface area contributed by atoms with Crippen LogP contribution in [0, 0.1) is 6.92 Å². The molecule has 0 saturated carbocycles. The van der Waals surface area contributed by atoms with Crippen LogP contribution in [0.15, 0.2) is 22.7 Å². The second-order valence-electron chi connectivity index (χ2n) is 4.25. The molecule has 1 aromatic carbocycles. The molecule has 0 aromatic heterocycles. The van der Waals surface area contributed by atoms with Crippen LogP contribution in [0.4, 0.5) is 0 Å². The molecule has 0 atom stereocenters. The third-order valence-electron chi connectivity index (χ3n) is 2.59. The summed E-state index contributed by atoms with van der Waals surface area (Å²) in [7, 11) is 1.54. The second kappa shape index (κ2) is 7.89. The Hall–Kier alpha value is -1.56. The Labute approximate surface area is 127 Å². The number of hydrogen-bond acceptors (Lipinski definition) is 4. The van der Waals surface area contributed by atoms with Gasteiger partial charge in [-0.1, -0.05) is 15.9 Å². The lowest BCUT2D eigenvalue weighted by Gasteiger charge is -2.17. The molecule has 0 aliphatic heterocycles. The van der Waals surface area contributed by atoms with Crippen molar-refractivity contribution >= 4 is 27.8 Å². The molecule has 0 spiro atoms. The van der Waals surface area contributed by atoms with Gasteiger partial charge < -0.3 is 14.4 Å². The molecule has 0 saturated heterocycles. The maximum Gasteiger partial charge on any atom is 0.325 e. The molecular formula is C14H18BrNO4. The van der Waals surface area contributed by atoms with Crippen LogP contribution in [0.5, 0.6) is 5.75 Å². The SMILES string of the molecule is CCOC(=O)CN(C)C(=O)COc1ccc(Br)cc1C. The minimum absolute atomic E-state index is 0.0741. The standard InChI is InChI=1S/C14H18BrNO4/c1-4-19-14(18)8-16(3)13(17)9-20-12-6-5-11(15)7-10(12)2/h5-7H,4,8-9H2,1-3H3. The number of carbonyl (C=O) groups is 2. The van der Waals surface area contributed by atoms with Gasteiger partial charge in [-0.15, -0.1) is 0 Å². The summed E-state index contributed by atoms with van der Waals surface area (Å²) in [4.78, 5) is 24.4. The van der Waals surface area contributed by atoms with E-state index in [-0.39, 0.29) is 19.1 Å². The smallest absolute Gasteiger partial charge is 0.325 e. The van der Waals surface area contributed by atoms with Crippen molar-refractivity contribution < 1.29 is 19.1 Å². The third kappa shape index (κ3) is 5.21. The minimum atomic E-state index is -0.428. The van der Waals surface area contributed by atoms with Crippen molar-refractivity contribution in [1.29, 1.82) is 0 Å². The van der Waals surface area contributed by atoms with E-state index in [2.05, 4.69) is 15.9 Å². The summed E-state index contributed by atoms with van der Waals surface area (Å²) >= 11 is 3.36. The van der Waals surface area contributed by atoms with E-state index >= 15 is 0 Å². The number of aryl methyl sites for hydroxylation is 1. The number of ether oxygens (including phenoxy) is 2. The van der Waals surface area contributed by atoms with Crippen molar-refractivity contribution in [2.45, 2.75) is 13.8 Å². The van der Waals surface area contributed by atoms with Gasteiger partial charge in [-0.2, -0.15) is 0 Å². The molecule has 1 rings (SSSR count). The molecule has 1 aromatic rings. The van der Waals surface area contributed by atoms with E-state index in [9.17, 15) is 9.59 Å². The molecule has 6 heteroatoms. The van der Waals surface area contributed by atoms with Gasteiger partial charge in [0.1, 0.15) is 12.3 Å². The molecule has 0 heterocycles. The van der Waals surface area contributed by atoms with Crippen molar-refractivity contribution in [2.75, 3.05) is 26.8 Å². The Morgan fingerprint density at radius 2 is 2.05 bits per heavy atom. The monoisotopic (exact) mass is 343 g/mol. The Morgan fingerprint density at radius 1 is 1.35 bits per heavy atom. The van der Waals surface area contributed by atoms with E-state index in [1.54, 1.807) is 13.0 Å². The first kappa shape index (κ1) is 16.5. The Balaban J connectivity index is 2.48. The van der Waals surface area contributed by atoms with Crippen LogP contribution in [0.25, 0.3) is 0 Å². The number of benzene rings is 1. The van der Waals surface area contributed by atoms with E-state index in [4.69, 9.17) is 9.47 Å². The summed E-state index contributed by atoms with van der Waals surface area (Å²) in [6.07, 6.45) is 0. The topological polar surface area (TPSA) is 55.8 Å². The van der Waals surface area contributed by atoms with Crippen LogP contribution in [0.2, 0.25) is 0 Å². The van der Waals surface area contributed by atoms with Gasteiger partial charge in [0.25, 0.3) is 5.91 Å². The molecular weight excluding hydrogens is 326 g/mol. The van der Waals surface area contributed by atoms with E-state index in [0.717, 1.165) is 10.0 Å². The van der Waals surface area contributed by atoms with Crippen molar-refractivity contribution in [3.8, 4) is 5.75 Å². The average molecular weight is 344 g/mol. The van der Waals surface area contributed by atoms with Crippen LogP contribution >= 0.6 is 15.9 Å². The normalized spacial score (nSPS) is 10.0. The first-order valence-corrected chi connectivity index (χ1v) is 7.02. The van der Waals surface area contributed by atoms with Gasteiger partial charge in [-0.25, -0.2) is 0 Å². The minimum Gasteiger partial charge on any atom is -0.483 e. The number of carbonyl (C=O) groups excluding carboxylic acids is 2. The number of likely N-dealkylation sites (N-methyl/N-ethyl adjacent to an activating group) is 1. The number of amides is 1. The highest BCUT2D eigenvalue weighted by Gasteiger charge is 2.14. The van der Waals surface area contributed by atoms with Gasteiger partial charge in [-0.3, -0.25) is 9.59 Å². The van der Waals surface area contributed by atoms with Gasteiger partial charge in [0.05, 0.1) is 6.61 Å². The summed E-state index contributed by atoms with van der Waals surface area (Å²) in [5, 5.41) is 0. The van der Waals surface area contributed by atoms with Crippen LogP contribution in [0.1, 0.15) is 12.5 Å². The van der Waals surface area contributed by atoms with Crippen molar-refractivity contribution in [1.82, 2.24) is 4.90 Å². The zero-order chi connectivity index (χ0) is 15.1. The second-order valence-corrected chi connectivity index (χ2v) is 5.17. The van der Waals surface area contributed by atoms with Gasteiger partial charge in [0.15, 0.2) is 6.61 Å². The average Bonchev–Trinajstić information content (AvgIpc) is 2.37. The molecule has 0 radical (unpaired) electrons. The fourth-order valence-electron chi connectivity index (χ4n) is 1.51. The third-order valence-corrected chi connectivity index (χ3v) is 3.08. The van der Waals surface area contributed by atoms with Crippen LogP contribution in [0.3, 0.4) is 0 Å². The molecule has 0 fully saturated rings. The molecule has 0 aliphatic rings. The largest absolute Gasteiger partial charge is 0.483 e. The fraction of sp³-hybridized carbons (Fsp3) is 0.429. The highest BCUT2D eigenvalue weighted by molar-refractivity contribution is 9.10. The Kier molecular flexibility index (Phi) is 6.51. The number of esters is 1. The van der Waals surface area contributed by atoms with Crippen molar-refractivity contribution in [2.24, 2.45) is 0 Å². The summed E-state index contributed by atoms with van der Waals surface area (Å²) < 4.78 is 11.2. The summed E-state index contributed by atoms with van der Waals surface area (Å²) in [5.41, 5.74) is 0.931. The number of nitrogens with zero attached hydrogens (tertiary/aromatic N) is 1. The van der Waals surface area contributed by atoms with Gasteiger partial charge in [-0.05, 0) is 37.6 Å². The van der Waals surface area contributed by atoms with E-state index in [1.165, 1.54) is 11.9 Å². The van der Waals surface area contributed by atoms with Crippen LogP contribution in [-0.4, -0.2) is 43.6 Å². The molecule has 5 nitrogen and oxygen atoms in total. The predicted octanol–water partition coefficient (Wildman–Crippen LogP) is 2.16. The molecule has 0 aliphatic carbocycles. The van der Waals surface area contributed by atoms with E-state index < -0.39 is 5.97 Å². The van der Waals surface area contributed by atoms with Crippen LogP contribution < -0.4 is 4.74 Å². The summed E-state index contributed by atoms with van der Waals surface area (Å²) in [6.45, 7) is 3.73. The zero-order valence-corrected chi connectivity index (χ0v) is 13.4. The Bertz CT molecular complexity index is 490. The summed E-state index contributed by atoms with van der Waals surface area (Å²) in [6, 6.07) is 5.54. The number of halogens is 1. The number of rotatable bonds is 6.